The average molecular weight is 429 g/mol. The highest BCUT2D eigenvalue weighted by molar-refractivity contribution is 5.98. The highest BCUT2D eigenvalue weighted by Crippen LogP contribution is 2.26. The molecule has 0 unspecified atom stereocenters. The summed E-state index contributed by atoms with van der Waals surface area (Å²) in [5.74, 6) is 6.35. The van der Waals surface area contributed by atoms with Crippen molar-refractivity contribution in [2.24, 2.45) is 0 Å². The van der Waals surface area contributed by atoms with E-state index in [-0.39, 0.29) is 18.9 Å². The first kappa shape index (κ1) is 20.8. The van der Waals surface area contributed by atoms with Gasteiger partial charge in [0, 0.05) is 17.5 Å². The maximum atomic E-state index is 12.9. The number of aromatic nitrogens is 2. The van der Waals surface area contributed by atoms with E-state index in [1.54, 1.807) is 17.0 Å². The number of nitrogens with one attached hydrogen (secondary N) is 2. The number of ether oxygens (including phenoxy) is 1. The molecule has 0 saturated heterocycles. The molecular formula is C23H19N5O4. The molecule has 1 aliphatic rings. The predicted molar refractivity (Wildman–Crippen MR) is 116 cm³/mol. The monoisotopic (exact) mass is 429 g/mol. The Morgan fingerprint density at radius 3 is 2.94 bits per heavy atom. The second-order valence-electron chi connectivity index (χ2n) is 7.01. The summed E-state index contributed by atoms with van der Waals surface area (Å²) in [6.07, 6.45) is 1.70. The largest absolute Gasteiger partial charge is 0.497 e. The number of amides is 4. The molecule has 32 heavy (non-hydrogen) atoms. The summed E-state index contributed by atoms with van der Waals surface area (Å²) in [5.41, 5.74) is 2.66. The van der Waals surface area contributed by atoms with Crippen LogP contribution in [0.15, 0.2) is 48.8 Å². The first-order chi connectivity index (χ1) is 15.6. The minimum atomic E-state index is -0.746. The summed E-state index contributed by atoms with van der Waals surface area (Å²) < 4.78 is 5.20. The van der Waals surface area contributed by atoms with Crippen molar-refractivity contribution in [1.82, 2.24) is 25.5 Å². The normalized spacial score (nSPS) is 13.0. The zero-order valence-corrected chi connectivity index (χ0v) is 17.2. The van der Waals surface area contributed by atoms with Crippen LogP contribution in [0.3, 0.4) is 0 Å². The van der Waals surface area contributed by atoms with Crippen molar-refractivity contribution >= 4 is 29.3 Å². The van der Waals surface area contributed by atoms with Gasteiger partial charge in [-0.15, -0.1) is 0 Å². The zero-order chi connectivity index (χ0) is 22.5. The van der Waals surface area contributed by atoms with Crippen LogP contribution in [0.2, 0.25) is 0 Å². The molecule has 1 atom stereocenters. The van der Waals surface area contributed by atoms with E-state index < -0.39 is 12.1 Å². The Hall–Kier alpha value is -4.45. The smallest absolute Gasteiger partial charge is 0.322 e. The number of imide groups is 1. The van der Waals surface area contributed by atoms with E-state index in [0.717, 1.165) is 16.5 Å². The molecule has 0 aliphatic carbocycles. The standard InChI is InChI=1S/C23H19N5O4/c1-32-17-8-6-15-11-28(22(30)19(15)10-17)12-16(27-23(31)26-14-29)7-9-21-18-4-2-3-5-20(18)24-13-25-21/h2-6,8,10,13-14,16H,11-12H2,1H3,(H2,26,27,29,31)/t16-/m1/s1. The van der Waals surface area contributed by atoms with Crippen molar-refractivity contribution in [3.05, 3.63) is 65.6 Å². The number of hydrogen-bond donors (Lipinski definition) is 2. The molecule has 0 radical (unpaired) electrons. The van der Waals surface area contributed by atoms with Gasteiger partial charge in [0.2, 0.25) is 6.41 Å². The fraction of sp³-hybridized carbons (Fsp3) is 0.174. The number of urea groups is 1. The fourth-order valence-corrected chi connectivity index (χ4v) is 3.48. The Morgan fingerprint density at radius 2 is 2.12 bits per heavy atom. The Kier molecular flexibility index (Phi) is 5.94. The van der Waals surface area contributed by atoms with Crippen LogP contribution in [0.4, 0.5) is 4.79 Å². The van der Waals surface area contributed by atoms with Crippen molar-refractivity contribution in [3.8, 4) is 17.6 Å². The van der Waals surface area contributed by atoms with Gasteiger partial charge in [-0.25, -0.2) is 14.8 Å². The number of nitrogens with zero attached hydrogens (tertiary/aromatic N) is 3. The predicted octanol–water partition coefficient (Wildman–Crippen LogP) is 1.47. The van der Waals surface area contributed by atoms with Crippen LogP contribution in [0.25, 0.3) is 10.9 Å². The number of carbonyl (C=O) groups excluding carboxylic acids is 3. The lowest BCUT2D eigenvalue weighted by Crippen LogP contribution is -2.46. The maximum absolute atomic E-state index is 12.9. The van der Waals surface area contributed by atoms with Crippen LogP contribution < -0.4 is 15.4 Å². The molecule has 0 spiro atoms. The number of carbonyl (C=O) groups is 3. The molecule has 4 amide bonds. The number of fused-ring (bicyclic) bond motifs is 2. The quantitative estimate of drug-likeness (QED) is 0.469. The molecule has 1 aliphatic heterocycles. The highest BCUT2D eigenvalue weighted by atomic mass is 16.5. The second kappa shape index (κ2) is 9.14. The molecule has 4 rings (SSSR count). The Balaban J connectivity index is 1.59. The fourth-order valence-electron chi connectivity index (χ4n) is 3.48. The molecule has 160 valence electrons. The average Bonchev–Trinajstić information content (AvgIpc) is 3.12. The van der Waals surface area contributed by atoms with E-state index in [2.05, 4.69) is 27.1 Å². The van der Waals surface area contributed by atoms with E-state index in [1.165, 1.54) is 13.4 Å². The van der Waals surface area contributed by atoms with E-state index in [4.69, 9.17) is 4.74 Å². The first-order valence-corrected chi connectivity index (χ1v) is 9.77. The Bertz CT molecular complexity index is 1260. The van der Waals surface area contributed by atoms with Crippen LogP contribution in [0.1, 0.15) is 21.6 Å². The van der Waals surface area contributed by atoms with Crippen LogP contribution in [0.5, 0.6) is 5.75 Å². The second-order valence-corrected chi connectivity index (χ2v) is 7.01. The maximum Gasteiger partial charge on any atom is 0.322 e. The molecule has 3 aromatic rings. The molecular weight excluding hydrogens is 410 g/mol. The van der Waals surface area contributed by atoms with Crippen LogP contribution >= 0.6 is 0 Å². The molecule has 0 saturated carbocycles. The van der Waals surface area contributed by atoms with Gasteiger partial charge in [-0.05, 0) is 35.7 Å². The number of para-hydroxylation sites is 1. The summed E-state index contributed by atoms with van der Waals surface area (Å²) in [5, 5.41) is 5.42. The molecule has 2 heterocycles. The lowest BCUT2D eigenvalue weighted by atomic mass is 10.1. The van der Waals surface area contributed by atoms with Crippen LogP contribution in [0, 0.1) is 11.8 Å². The van der Waals surface area contributed by atoms with E-state index in [0.29, 0.717) is 23.6 Å². The lowest BCUT2D eigenvalue weighted by Gasteiger charge is -2.21. The van der Waals surface area contributed by atoms with Crippen LogP contribution in [-0.2, 0) is 11.3 Å². The summed E-state index contributed by atoms with van der Waals surface area (Å²) in [6, 6.07) is 11.3. The van der Waals surface area contributed by atoms with Gasteiger partial charge in [0.1, 0.15) is 23.8 Å². The molecule has 0 fully saturated rings. The van der Waals surface area contributed by atoms with Gasteiger partial charge < -0.3 is 15.0 Å². The van der Waals surface area contributed by atoms with Crippen molar-refractivity contribution < 1.29 is 19.1 Å². The van der Waals surface area contributed by atoms with E-state index in [9.17, 15) is 14.4 Å². The van der Waals surface area contributed by atoms with Crippen LogP contribution in [-0.4, -0.2) is 52.9 Å². The van der Waals surface area contributed by atoms with Gasteiger partial charge in [0.05, 0.1) is 19.2 Å². The Morgan fingerprint density at radius 1 is 1.28 bits per heavy atom. The SMILES string of the molecule is COc1ccc2c(c1)C(=O)N(C[C@@H](C#Cc1ncnc3ccccc13)NC(=O)NC=O)C2. The highest BCUT2D eigenvalue weighted by Gasteiger charge is 2.29. The molecule has 2 N–H and O–H groups in total. The summed E-state index contributed by atoms with van der Waals surface area (Å²) in [4.78, 5) is 45.5. The molecule has 0 bridgehead atoms. The zero-order valence-electron chi connectivity index (χ0n) is 17.2. The minimum Gasteiger partial charge on any atom is -0.497 e. The third-order valence-corrected chi connectivity index (χ3v) is 5.00. The van der Waals surface area contributed by atoms with E-state index >= 15 is 0 Å². The van der Waals surface area contributed by atoms with Gasteiger partial charge >= 0.3 is 6.03 Å². The number of benzene rings is 2. The van der Waals surface area contributed by atoms with Crippen molar-refractivity contribution in [3.63, 3.8) is 0 Å². The van der Waals surface area contributed by atoms with Crippen molar-refractivity contribution in [2.45, 2.75) is 12.6 Å². The summed E-state index contributed by atoms with van der Waals surface area (Å²) in [6.45, 7) is 0.502. The summed E-state index contributed by atoms with van der Waals surface area (Å²) >= 11 is 0. The third kappa shape index (κ3) is 4.34. The number of hydrogen-bond acceptors (Lipinski definition) is 6. The van der Waals surface area contributed by atoms with Gasteiger partial charge in [-0.2, -0.15) is 0 Å². The van der Waals surface area contributed by atoms with Crippen molar-refractivity contribution in [2.75, 3.05) is 13.7 Å². The third-order valence-electron chi connectivity index (χ3n) is 5.00. The van der Waals surface area contributed by atoms with Gasteiger partial charge in [0.15, 0.2) is 0 Å². The van der Waals surface area contributed by atoms with Gasteiger partial charge in [-0.1, -0.05) is 24.1 Å². The number of rotatable bonds is 5. The number of methoxy groups -OCH3 is 1. The molecule has 9 nitrogen and oxygen atoms in total. The minimum absolute atomic E-state index is 0.123. The Labute approximate surface area is 183 Å². The van der Waals surface area contributed by atoms with E-state index in [1.807, 2.05) is 35.6 Å². The molecule has 9 heteroatoms. The molecule has 1 aromatic heterocycles. The first-order valence-electron chi connectivity index (χ1n) is 9.77. The lowest BCUT2D eigenvalue weighted by molar-refractivity contribution is -0.108. The van der Waals surface area contributed by atoms with Gasteiger partial charge in [-0.3, -0.25) is 14.9 Å². The van der Waals surface area contributed by atoms with Gasteiger partial charge in [0.25, 0.3) is 5.91 Å². The molecule has 2 aromatic carbocycles. The summed E-state index contributed by atoms with van der Waals surface area (Å²) in [7, 11) is 1.54. The topological polar surface area (TPSA) is 114 Å². The van der Waals surface area contributed by atoms with Crippen molar-refractivity contribution in [1.29, 1.82) is 0 Å².